The summed E-state index contributed by atoms with van der Waals surface area (Å²) < 4.78 is 2.27. The van der Waals surface area contributed by atoms with Gasteiger partial charge in [-0.05, 0) is 12.8 Å². The van der Waals surface area contributed by atoms with Crippen molar-refractivity contribution in [1.82, 2.24) is 0 Å². The van der Waals surface area contributed by atoms with Gasteiger partial charge in [0, 0.05) is 23.9 Å². The zero-order chi connectivity index (χ0) is 12.2. The standard InChI is InChI=1S/C15H25BrN/c16-12-8-5-3-1-2-4-6-9-13-17-14-10-7-11-15-17/h7,10-11,14-15H,1-6,8-9,12-13H2/q+1. The van der Waals surface area contributed by atoms with E-state index in [4.69, 9.17) is 0 Å². The van der Waals surface area contributed by atoms with Crippen LogP contribution in [0.3, 0.4) is 0 Å². The van der Waals surface area contributed by atoms with Gasteiger partial charge in [-0.3, -0.25) is 0 Å². The molecule has 0 saturated heterocycles. The third-order valence-electron chi connectivity index (χ3n) is 3.08. The Bertz CT molecular complexity index is 261. The predicted molar refractivity (Wildman–Crippen MR) is 77.4 cm³/mol. The normalized spacial score (nSPS) is 10.6. The zero-order valence-corrected chi connectivity index (χ0v) is 12.4. The molecule has 0 aromatic carbocycles. The van der Waals surface area contributed by atoms with Crippen molar-refractivity contribution >= 4 is 15.9 Å². The maximum Gasteiger partial charge on any atom is 0.168 e. The number of hydrogen-bond acceptors (Lipinski definition) is 0. The molecule has 0 aliphatic rings. The molecule has 0 amide bonds. The van der Waals surface area contributed by atoms with Crippen LogP contribution in [-0.2, 0) is 6.54 Å². The second-order valence-corrected chi connectivity index (χ2v) is 5.42. The van der Waals surface area contributed by atoms with E-state index in [2.05, 4.69) is 51.1 Å². The third-order valence-corrected chi connectivity index (χ3v) is 3.64. The lowest BCUT2D eigenvalue weighted by atomic mass is 10.1. The molecule has 96 valence electrons. The average molecular weight is 299 g/mol. The molecule has 0 spiro atoms. The van der Waals surface area contributed by atoms with Crippen molar-refractivity contribution in [3.63, 3.8) is 0 Å². The third kappa shape index (κ3) is 8.37. The molecule has 0 saturated carbocycles. The molecule has 0 N–H and O–H groups in total. The summed E-state index contributed by atoms with van der Waals surface area (Å²) in [5.74, 6) is 0. The van der Waals surface area contributed by atoms with Crippen LogP contribution in [0.2, 0.25) is 0 Å². The number of hydrogen-bond donors (Lipinski definition) is 0. The largest absolute Gasteiger partial charge is 0.205 e. The Kier molecular flexibility index (Phi) is 9.30. The van der Waals surface area contributed by atoms with E-state index in [-0.39, 0.29) is 0 Å². The first-order valence-electron chi connectivity index (χ1n) is 6.93. The molecule has 0 aliphatic carbocycles. The molecule has 0 atom stereocenters. The lowest BCUT2D eigenvalue weighted by molar-refractivity contribution is -0.697. The minimum atomic E-state index is 1.17. The number of nitrogens with zero attached hydrogens (tertiary/aromatic N) is 1. The Morgan fingerprint density at radius 1 is 0.647 bits per heavy atom. The quantitative estimate of drug-likeness (QED) is 0.340. The van der Waals surface area contributed by atoms with Gasteiger partial charge in [0.25, 0.3) is 0 Å². The Morgan fingerprint density at radius 2 is 1.18 bits per heavy atom. The zero-order valence-electron chi connectivity index (χ0n) is 10.8. The second kappa shape index (κ2) is 10.8. The highest BCUT2D eigenvalue weighted by Gasteiger charge is 1.97. The molecule has 1 aromatic rings. The summed E-state index contributed by atoms with van der Waals surface area (Å²) in [4.78, 5) is 0. The Hall–Kier alpha value is -0.370. The van der Waals surface area contributed by atoms with Crippen LogP contribution in [0, 0.1) is 0 Å². The number of alkyl halides is 1. The predicted octanol–water partition coefficient (Wildman–Crippen LogP) is 4.49. The lowest BCUT2D eigenvalue weighted by Crippen LogP contribution is -2.32. The summed E-state index contributed by atoms with van der Waals surface area (Å²) in [6.07, 6.45) is 15.4. The van der Waals surface area contributed by atoms with Crippen LogP contribution in [-0.4, -0.2) is 5.33 Å². The van der Waals surface area contributed by atoms with Crippen LogP contribution in [0.4, 0.5) is 0 Å². The molecular formula is C15H25BrN+. The fraction of sp³-hybridized carbons (Fsp3) is 0.667. The molecule has 0 fully saturated rings. The molecule has 0 aliphatic heterocycles. The molecule has 0 bridgehead atoms. The fourth-order valence-electron chi connectivity index (χ4n) is 2.03. The van der Waals surface area contributed by atoms with E-state index >= 15 is 0 Å². The van der Waals surface area contributed by atoms with E-state index in [1.165, 1.54) is 63.2 Å². The summed E-state index contributed by atoms with van der Waals surface area (Å²) in [6, 6.07) is 6.27. The van der Waals surface area contributed by atoms with E-state index in [1.54, 1.807) is 0 Å². The number of pyridine rings is 1. The number of aromatic nitrogens is 1. The Balaban J connectivity index is 1.85. The molecule has 1 rings (SSSR count). The van der Waals surface area contributed by atoms with Gasteiger partial charge in [-0.25, -0.2) is 4.57 Å². The van der Waals surface area contributed by atoms with Gasteiger partial charge < -0.3 is 0 Å². The van der Waals surface area contributed by atoms with Crippen LogP contribution < -0.4 is 4.57 Å². The Labute approximate surface area is 114 Å². The fourth-order valence-corrected chi connectivity index (χ4v) is 2.43. The summed E-state index contributed by atoms with van der Waals surface area (Å²) in [5, 5.41) is 1.17. The smallest absolute Gasteiger partial charge is 0.168 e. The van der Waals surface area contributed by atoms with Gasteiger partial charge in [-0.1, -0.05) is 54.1 Å². The van der Waals surface area contributed by atoms with E-state index in [1.807, 2.05) is 0 Å². The van der Waals surface area contributed by atoms with Crippen molar-refractivity contribution in [3.05, 3.63) is 30.6 Å². The second-order valence-electron chi connectivity index (χ2n) is 4.63. The van der Waals surface area contributed by atoms with Gasteiger partial charge in [0.2, 0.25) is 0 Å². The average Bonchev–Trinajstić information content (AvgIpc) is 2.38. The van der Waals surface area contributed by atoms with E-state index in [9.17, 15) is 0 Å². The molecule has 1 nitrogen and oxygen atoms in total. The van der Waals surface area contributed by atoms with Crippen LogP contribution in [0.25, 0.3) is 0 Å². The lowest BCUT2D eigenvalue weighted by Gasteiger charge is -2.00. The number of halogens is 1. The number of aryl methyl sites for hydroxylation is 1. The van der Waals surface area contributed by atoms with Crippen LogP contribution in [0.5, 0.6) is 0 Å². The van der Waals surface area contributed by atoms with Crippen molar-refractivity contribution in [1.29, 1.82) is 0 Å². The van der Waals surface area contributed by atoms with Gasteiger partial charge in [-0.15, -0.1) is 0 Å². The van der Waals surface area contributed by atoms with Crippen LogP contribution in [0.15, 0.2) is 30.6 Å². The monoisotopic (exact) mass is 298 g/mol. The minimum Gasteiger partial charge on any atom is -0.205 e. The van der Waals surface area contributed by atoms with E-state index in [0.29, 0.717) is 0 Å². The maximum atomic E-state index is 3.47. The maximum absolute atomic E-state index is 3.47. The SMILES string of the molecule is BrCCCCCCCCCC[n+]1ccccc1. The van der Waals surface area contributed by atoms with Crippen molar-refractivity contribution in [3.8, 4) is 0 Å². The van der Waals surface area contributed by atoms with Crippen LogP contribution >= 0.6 is 15.9 Å². The summed E-state index contributed by atoms with van der Waals surface area (Å²) >= 11 is 3.47. The van der Waals surface area contributed by atoms with Crippen molar-refractivity contribution in [2.45, 2.75) is 57.9 Å². The first kappa shape index (κ1) is 14.7. The number of unbranched alkanes of at least 4 members (excludes halogenated alkanes) is 7. The topological polar surface area (TPSA) is 3.88 Å². The van der Waals surface area contributed by atoms with E-state index < -0.39 is 0 Å². The summed E-state index contributed by atoms with van der Waals surface area (Å²) in [5.41, 5.74) is 0. The van der Waals surface area contributed by atoms with Gasteiger partial charge in [0.15, 0.2) is 12.4 Å². The van der Waals surface area contributed by atoms with Crippen molar-refractivity contribution < 1.29 is 4.57 Å². The van der Waals surface area contributed by atoms with E-state index in [0.717, 1.165) is 0 Å². The molecule has 17 heavy (non-hydrogen) atoms. The summed E-state index contributed by atoms with van der Waals surface area (Å²) in [6.45, 7) is 1.17. The molecule has 0 unspecified atom stereocenters. The first-order valence-corrected chi connectivity index (χ1v) is 8.05. The van der Waals surface area contributed by atoms with Gasteiger partial charge in [0.1, 0.15) is 6.54 Å². The highest BCUT2D eigenvalue weighted by atomic mass is 79.9. The van der Waals surface area contributed by atoms with Gasteiger partial charge in [-0.2, -0.15) is 0 Å². The number of rotatable bonds is 10. The highest BCUT2D eigenvalue weighted by Crippen LogP contribution is 2.09. The van der Waals surface area contributed by atoms with Gasteiger partial charge in [0.05, 0.1) is 0 Å². The van der Waals surface area contributed by atoms with Gasteiger partial charge >= 0.3 is 0 Å². The summed E-state index contributed by atoms with van der Waals surface area (Å²) in [7, 11) is 0. The molecule has 2 heteroatoms. The highest BCUT2D eigenvalue weighted by molar-refractivity contribution is 9.09. The molecular weight excluding hydrogens is 274 g/mol. The molecule has 1 heterocycles. The van der Waals surface area contributed by atoms with Crippen LogP contribution in [0.1, 0.15) is 51.4 Å². The first-order chi connectivity index (χ1) is 8.43. The molecule has 1 aromatic heterocycles. The molecule has 0 radical (unpaired) electrons. The Morgan fingerprint density at radius 3 is 1.76 bits per heavy atom. The minimum absolute atomic E-state index is 1.17. The van der Waals surface area contributed by atoms with Crippen molar-refractivity contribution in [2.75, 3.05) is 5.33 Å². The van der Waals surface area contributed by atoms with Crippen molar-refractivity contribution in [2.24, 2.45) is 0 Å².